The molecule has 0 aliphatic heterocycles. The predicted octanol–water partition coefficient (Wildman–Crippen LogP) is 3.70. The lowest BCUT2D eigenvalue weighted by Crippen LogP contribution is -2.26. The Morgan fingerprint density at radius 1 is 1.04 bits per heavy atom. The van der Waals surface area contributed by atoms with Crippen LogP contribution < -0.4 is 4.72 Å². The van der Waals surface area contributed by atoms with E-state index in [0.717, 1.165) is 11.3 Å². The summed E-state index contributed by atoms with van der Waals surface area (Å²) in [7, 11) is -3.65. The highest BCUT2D eigenvalue weighted by Crippen LogP contribution is 2.22. The van der Waals surface area contributed by atoms with Gasteiger partial charge in [-0.15, -0.1) is 0 Å². The zero-order valence-corrected chi connectivity index (χ0v) is 15.4. The molecule has 0 radical (unpaired) electrons. The van der Waals surface area contributed by atoms with Crippen LogP contribution in [0.4, 0.5) is 0 Å². The fourth-order valence-corrected chi connectivity index (χ4v) is 4.09. The van der Waals surface area contributed by atoms with Crippen LogP contribution in [0.3, 0.4) is 0 Å². The van der Waals surface area contributed by atoms with E-state index in [2.05, 4.69) is 9.82 Å². The monoisotopic (exact) mass is 395 g/mol. The van der Waals surface area contributed by atoms with Crippen LogP contribution in [-0.4, -0.2) is 24.7 Å². The largest absolute Gasteiger partial charge is 0.241 e. The van der Waals surface area contributed by atoms with Gasteiger partial charge in [0.05, 0.1) is 10.6 Å². The molecule has 3 rings (SSSR count). The number of sulfonamides is 1. The molecular weight excluding hydrogens is 381 g/mol. The molecule has 0 saturated carbocycles. The quantitative estimate of drug-likeness (QED) is 0.691. The molecule has 25 heavy (non-hydrogen) atoms. The van der Waals surface area contributed by atoms with E-state index in [-0.39, 0.29) is 21.5 Å². The maximum Gasteiger partial charge on any atom is 0.240 e. The molecular formula is C17H15Cl2N3O2S. The van der Waals surface area contributed by atoms with Crippen LogP contribution in [0.15, 0.2) is 65.8 Å². The summed E-state index contributed by atoms with van der Waals surface area (Å²) in [6.45, 7) is 0.271. The normalized spacial score (nSPS) is 11.6. The van der Waals surface area contributed by atoms with Gasteiger partial charge >= 0.3 is 0 Å². The molecule has 1 N–H and O–H groups in total. The van der Waals surface area contributed by atoms with Crippen molar-refractivity contribution in [2.75, 3.05) is 6.54 Å². The third-order valence-electron chi connectivity index (χ3n) is 3.56. The van der Waals surface area contributed by atoms with Crippen molar-refractivity contribution in [2.24, 2.45) is 0 Å². The first-order chi connectivity index (χ1) is 11.9. The lowest BCUT2D eigenvalue weighted by molar-refractivity contribution is 0.581. The highest BCUT2D eigenvalue weighted by molar-refractivity contribution is 7.89. The molecule has 8 heteroatoms. The number of rotatable bonds is 6. The van der Waals surface area contributed by atoms with Gasteiger partial charge in [-0.3, -0.25) is 0 Å². The summed E-state index contributed by atoms with van der Waals surface area (Å²) < 4.78 is 28.9. The second kappa shape index (κ2) is 7.58. The van der Waals surface area contributed by atoms with Crippen molar-refractivity contribution in [2.45, 2.75) is 11.3 Å². The average Bonchev–Trinajstić information content (AvgIpc) is 3.09. The van der Waals surface area contributed by atoms with Crippen LogP contribution in [-0.2, 0) is 16.4 Å². The molecule has 0 saturated heterocycles. The standard InChI is InChI=1S/C17H15Cl2N3O2S/c18-14-10-15(19)12-17(11-14)25(23,24)21-8-6-13-2-4-16(5-3-13)22-9-1-7-20-22/h1-5,7,9-12,21H,6,8H2. The topological polar surface area (TPSA) is 64.0 Å². The van der Waals surface area contributed by atoms with Crippen LogP contribution in [0.1, 0.15) is 5.56 Å². The smallest absolute Gasteiger partial charge is 0.240 e. The van der Waals surface area contributed by atoms with Crippen molar-refractivity contribution in [1.29, 1.82) is 0 Å². The fourth-order valence-electron chi connectivity index (χ4n) is 2.33. The Bertz CT molecular complexity index is 936. The molecule has 0 bridgehead atoms. The van der Waals surface area contributed by atoms with Crippen LogP contribution in [0.5, 0.6) is 0 Å². The molecule has 5 nitrogen and oxygen atoms in total. The first kappa shape index (κ1) is 17.9. The number of hydrogen-bond donors (Lipinski definition) is 1. The number of nitrogens with one attached hydrogen (secondary N) is 1. The van der Waals surface area contributed by atoms with Gasteiger partial charge in [0, 0.05) is 29.0 Å². The Hall–Kier alpha value is -1.86. The lowest BCUT2D eigenvalue weighted by Gasteiger charge is -2.08. The van der Waals surface area contributed by atoms with E-state index in [1.807, 2.05) is 36.5 Å². The number of aromatic nitrogens is 2. The van der Waals surface area contributed by atoms with Gasteiger partial charge in [-0.25, -0.2) is 17.8 Å². The van der Waals surface area contributed by atoms with Gasteiger partial charge in [-0.2, -0.15) is 5.10 Å². The van der Waals surface area contributed by atoms with Crippen molar-refractivity contribution < 1.29 is 8.42 Å². The summed E-state index contributed by atoms with van der Waals surface area (Å²) in [5.41, 5.74) is 1.96. The summed E-state index contributed by atoms with van der Waals surface area (Å²) in [5.74, 6) is 0. The summed E-state index contributed by atoms with van der Waals surface area (Å²) in [5, 5.41) is 4.72. The van der Waals surface area contributed by atoms with E-state index in [0.29, 0.717) is 6.42 Å². The fraction of sp³-hybridized carbons (Fsp3) is 0.118. The molecule has 1 heterocycles. The minimum atomic E-state index is -3.65. The van der Waals surface area contributed by atoms with E-state index < -0.39 is 10.0 Å². The Labute approximate surface area is 156 Å². The first-order valence-corrected chi connectivity index (χ1v) is 9.73. The predicted molar refractivity (Wildman–Crippen MR) is 98.9 cm³/mol. The van der Waals surface area contributed by atoms with E-state index in [4.69, 9.17) is 23.2 Å². The molecule has 0 fully saturated rings. The summed E-state index contributed by atoms with van der Waals surface area (Å²) in [6, 6.07) is 13.8. The molecule has 2 aromatic carbocycles. The van der Waals surface area contributed by atoms with Gasteiger partial charge in [0.2, 0.25) is 10.0 Å². The maximum absolute atomic E-state index is 12.3. The van der Waals surface area contributed by atoms with Crippen molar-refractivity contribution in [3.8, 4) is 5.69 Å². The Morgan fingerprint density at radius 3 is 2.32 bits per heavy atom. The van der Waals surface area contributed by atoms with E-state index in [1.165, 1.54) is 18.2 Å². The molecule has 0 spiro atoms. The molecule has 1 aromatic heterocycles. The Kier molecular flexibility index (Phi) is 5.44. The van der Waals surface area contributed by atoms with Gasteiger partial charge in [0.25, 0.3) is 0 Å². The van der Waals surface area contributed by atoms with Gasteiger partial charge in [0.15, 0.2) is 0 Å². The zero-order valence-electron chi connectivity index (χ0n) is 13.1. The Morgan fingerprint density at radius 2 is 1.72 bits per heavy atom. The van der Waals surface area contributed by atoms with Crippen LogP contribution in [0, 0.1) is 0 Å². The van der Waals surface area contributed by atoms with E-state index >= 15 is 0 Å². The van der Waals surface area contributed by atoms with Crippen molar-refractivity contribution >= 4 is 33.2 Å². The highest BCUT2D eigenvalue weighted by atomic mass is 35.5. The van der Waals surface area contributed by atoms with Crippen LogP contribution in [0.25, 0.3) is 5.69 Å². The third-order valence-corrected chi connectivity index (χ3v) is 5.43. The zero-order chi connectivity index (χ0) is 17.9. The molecule has 0 amide bonds. The van der Waals surface area contributed by atoms with Crippen molar-refractivity contribution in [3.05, 3.63) is 76.5 Å². The summed E-state index contributed by atoms with van der Waals surface area (Å²) in [6.07, 6.45) is 4.14. The number of benzene rings is 2. The van der Waals surface area contributed by atoms with E-state index in [9.17, 15) is 8.42 Å². The van der Waals surface area contributed by atoms with Crippen molar-refractivity contribution in [3.63, 3.8) is 0 Å². The number of halogens is 2. The number of hydrogen-bond acceptors (Lipinski definition) is 3. The summed E-state index contributed by atoms with van der Waals surface area (Å²) >= 11 is 11.7. The van der Waals surface area contributed by atoms with Gasteiger partial charge < -0.3 is 0 Å². The SMILES string of the molecule is O=S(=O)(NCCc1ccc(-n2cccn2)cc1)c1cc(Cl)cc(Cl)c1. The molecule has 0 aliphatic carbocycles. The van der Waals surface area contributed by atoms with E-state index in [1.54, 1.807) is 10.9 Å². The molecule has 0 atom stereocenters. The molecule has 0 aliphatic rings. The van der Waals surface area contributed by atoms with Gasteiger partial charge in [0.1, 0.15) is 0 Å². The lowest BCUT2D eigenvalue weighted by atomic mass is 10.1. The minimum absolute atomic E-state index is 0.0547. The number of nitrogens with zero attached hydrogens (tertiary/aromatic N) is 2. The van der Waals surface area contributed by atoms with Crippen molar-refractivity contribution in [1.82, 2.24) is 14.5 Å². The molecule has 3 aromatic rings. The van der Waals surface area contributed by atoms with Gasteiger partial charge in [-0.05, 0) is 48.4 Å². The third kappa shape index (κ3) is 4.61. The molecule has 0 unspecified atom stereocenters. The van der Waals surface area contributed by atoms with Crippen LogP contribution in [0.2, 0.25) is 10.0 Å². The summed E-state index contributed by atoms with van der Waals surface area (Å²) in [4.78, 5) is 0.0547. The van der Waals surface area contributed by atoms with Gasteiger partial charge in [-0.1, -0.05) is 35.3 Å². The molecule has 130 valence electrons. The second-order valence-corrected chi connectivity index (χ2v) is 8.01. The average molecular weight is 396 g/mol. The maximum atomic E-state index is 12.3. The second-order valence-electron chi connectivity index (χ2n) is 5.37. The van der Waals surface area contributed by atoms with Crippen LogP contribution >= 0.6 is 23.2 Å². The minimum Gasteiger partial charge on any atom is -0.241 e. The Balaban J connectivity index is 1.62. The highest BCUT2D eigenvalue weighted by Gasteiger charge is 2.15. The first-order valence-electron chi connectivity index (χ1n) is 7.49.